The minimum atomic E-state index is -0.268. The molecule has 1 saturated carbocycles. The van der Waals surface area contributed by atoms with Crippen LogP contribution in [0.3, 0.4) is 0 Å². The molecule has 1 saturated heterocycles. The van der Waals surface area contributed by atoms with Crippen LogP contribution in [0.1, 0.15) is 12.8 Å². The van der Waals surface area contributed by atoms with Gasteiger partial charge in [0.2, 0.25) is 0 Å². The molecule has 110 valence electrons. The van der Waals surface area contributed by atoms with Gasteiger partial charge in [-0.2, -0.15) is 0 Å². The molecule has 4 nitrogen and oxygen atoms in total. The number of halogens is 1. The number of anilines is 1. The number of nitrogens with one attached hydrogen (secondary N) is 1. The van der Waals surface area contributed by atoms with Gasteiger partial charge in [0, 0.05) is 36.7 Å². The first-order valence-electron chi connectivity index (χ1n) is 7.31. The lowest BCUT2D eigenvalue weighted by Crippen LogP contribution is -2.47. The highest BCUT2D eigenvalue weighted by Crippen LogP contribution is 2.44. The summed E-state index contributed by atoms with van der Waals surface area (Å²) in [6.07, 6.45) is 3.75. The van der Waals surface area contributed by atoms with Crippen molar-refractivity contribution < 1.29 is 9.47 Å². The van der Waals surface area contributed by atoms with E-state index in [1.165, 1.54) is 0 Å². The average molecular weight is 305 g/mol. The van der Waals surface area contributed by atoms with Gasteiger partial charge in [0.1, 0.15) is 0 Å². The van der Waals surface area contributed by atoms with Crippen molar-refractivity contribution in [3.63, 3.8) is 0 Å². The van der Waals surface area contributed by atoms with Crippen molar-refractivity contribution in [2.24, 2.45) is 5.92 Å². The number of nitrogens with zero attached hydrogens (tertiary/aromatic N) is 1. The first kappa shape index (κ1) is 13.3. The third-order valence-electron chi connectivity index (χ3n) is 4.32. The zero-order chi connectivity index (χ0) is 14.3. The van der Waals surface area contributed by atoms with E-state index < -0.39 is 0 Å². The van der Waals surface area contributed by atoms with E-state index in [0.717, 1.165) is 49.2 Å². The zero-order valence-electron chi connectivity index (χ0n) is 11.6. The first-order valence-corrected chi connectivity index (χ1v) is 7.69. The molecule has 2 aliphatic rings. The molecule has 0 amide bonds. The van der Waals surface area contributed by atoms with Gasteiger partial charge >= 0.3 is 0 Å². The fourth-order valence-corrected chi connectivity index (χ4v) is 3.47. The summed E-state index contributed by atoms with van der Waals surface area (Å²) in [5.41, 5.74) is 1.92. The second kappa shape index (κ2) is 5.13. The molecular formula is C16H17ClN2O2. The lowest BCUT2D eigenvalue weighted by molar-refractivity contribution is -0.227. The standard InChI is InChI=1S/C16H17ClN2O2/c17-13-3-1-2-12-14(4-5-18-15(12)13)19-10-11-8-16(9-11)20-6-7-21-16/h1-5,11H,6-10H2,(H,18,19). The van der Waals surface area contributed by atoms with E-state index in [0.29, 0.717) is 10.9 Å². The van der Waals surface area contributed by atoms with E-state index in [-0.39, 0.29) is 5.79 Å². The lowest BCUT2D eigenvalue weighted by atomic mass is 9.79. The Bertz CT molecular complexity index is 662. The van der Waals surface area contributed by atoms with Crippen molar-refractivity contribution in [2.75, 3.05) is 25.1 Å². The Morgan fingerprint density at radius 3 is 2.86 bits per heavy atom. The maximum Gasteiger partial charge on any atom is 0.169 e. The number of para-hydroxylation sites is 1. The lowest BCUT2D eigenvalue weighted by Gasteiger charge is -2.43. The highest BCUT2D eigenvalue weighted by atomic mass is 35.5. The number of hydrogen-bond donors (Lipinski definition) is 1. The predicted octanol–water partition coefficient (Wildman–Crippen LogP) is 3.45. The Hall–Kier alpha value is -1.36. The Balaban J connectivity index is 1.45. The number of aromatic nitrogens is 1. The zero-order valence-corrected chi connectivity index (χ0v) is 12.4. The van der Waals surface area contributed by atoms with Gasteiger partial charge in [-0.3, -0.25) is 4.98 Å². The summed E-state index contributed by atoms with van der Waals surface area (Å²) in [5, 5.41) is 5.26. The summed E-state index contributed by atoms with van der Waals surface area (Å²) in [7, 11) is 0. The summed E-state index contributed by atoms with van der Waals surface area (Å²) >= 11 is 6.19. The molecule has 1 N–H and O–H groups in total. The second-order valence-electron chi connectivity index (χ2n) is 5.76. The van der Waals surface area contributed by atoms with Crippen LogP contribution in [0.4, 0.5) is 5.69 Å². The molecule has 4 rings (SSSR count). The van der Waals surface area contributed by atoms with Crippen LogP contribution in [-0.4, -0.2) is 30.5 Å². The number of pyridine rings is 1. The summed E-state index contributed by atoms with van der Waals surface area (Å²) < 4.78 is 11.3. The van der Waals surface area contributed by atoms with Crippen LogP contribution < -0.4 is 5.32 Å². The van der Waals surface area contributed by atoms with Gasteiger partial charge in [-0.15, -0.1) is 0 Å². The van der Waals surface area contributed by atoms with Crippen LogP contribution in [0.15, 0.2) is 30.5 Å². The van der Waals surface area contributed by atoms with Gasteiger partial charge in [0.15, 0.2) is 5.79 Å². The molecule has 1 aromatic carbocycles. The molecule has 2 fully saturated rings. The monoisotopic (exact) mass is 304 g/mol. The van der Waals surface area contributed by atoms with Crippen LogP contribution in [-0.2, 0) is 9.47 Å². The van der Waals surface area contributed by atoms with Crippen molar-refractivity contribution in [1.29, 1.82) is 0 Å². The van der Waals surface area contributed by atoms with Gasteiger partial charge in [-0.25, -0.2) is 0 Å². The smallest absolute Gasteiger partial charge is 0.169 e. The van der Waals surface area contributed by atoms with Crippen molar-refractivity contribution in [1.82, 2.24) is 4.98 Å². The molecular weight excluding hydrogens is 288 g/mol. The largest absolute Gasteiger partial charge is 0.384 e. The second-order valence-corrected chi connectivity index (χ2v) is 6.16. The van der Waals surface area contributed by atoms with E-state index in [1.807, 2.05) is 24.3 Å². The molecule has 1 spiro atoms. The Kier molecular flexibility index (Phi) is 3.25. The number of hydrogen-bond acceptors (Lipinski definition) is 4. The molecule has 0 bridgehead atoms. The quantitative estimate of drug-likeness (QED) is 0.943. The molecule has 1 aromatic heterocycles. The topological polar surface area (TPSA) is 43.4 Å². The normalized spacial score (nSPS) is 20.8. The SMILES string of the molecule is Clc1cccc2c(NCC3CC4(C3)OCCO4)ccnc12. The van der Waals surface area contributed by atoms with Crippen LogP contribution in [0.25, 0.3) is 10.9 Å². The summed E-state index contributed by atoms with van der Waals surface area (Å²) in [6.45, 7) is 2.38. The van der Waals surface area contributed by atoms with E-state index in [2.05, 4.69) is 10.3 Å². The van der Waals surface area contributed by atoms with E-state index in [9.17, 15) is 0 Å². The highest BCUT2D eigenvalue weighted by Gasteiger charge is 2.48. The molecule has 5 heteroatoms. The van der Waals surface area contributed by atoms with Crippen LogP contribution >= 0.6 is 11.6 Å². The summed E-state index contributed by atoms with van der Waals surface area (Å²) in [4.78, 5) is 4.35. The van der Waals surface area contributed by atoms with E-state index in [4.69, 9.17) is 21.1 Å². The third-order valence-corrected chi connectivity index (χ3v) is 4.62. The fourth-order valence-electron chi connectivity index (χ4n) is 3.25. The summed E-state index contributed by atoms with van der Waals surface area (Å²) in [6, 6.07) is 7.86. The number of fused-ring (bicyclic) bond motifs is 1. The van der Waals surface area contributed by atoms with E-state index in [1.54, 1.807) is 6.20 Å². The fraction of sp³-hybridized carbons (Fsp3) is 0.438. The Morgan fingerprint density at radius 1 is 1.24 bits per heavy atom. The molecule has 1 aliphatic heterocycles. The van der Waals surface area contributed by atoms with Gasteiger partial charge in [-0.05, 0) is 18.1 Å². The highest BCUT2D eigenvalue weighted by molar-refractivity contribution is 6.35. The number of rotatable bonds is 3. The molecule has 21 heavy (non-hydrogen) atoms. The predicted molar refractivity (Wildman–Crippen MR) is 82.6 cm³/mol. The third kappa shape index (κ3) is 2.37. The molecule has 0 radical (unpaired) electrons. The van der Waals surface area contributed by atoms with Crippen LogP contribution in [0.2, 0.25) is 5.02 Å². The van der Waals surface area contributed by atoms with Crippen molar-refractivity contribution in [3.05, 3.63) is 35.5 Å². The summed E-state index contributed by atoms with van der Waals surface area (Å²) in [5.74, 6) is 0.321. The maximum absolute atomic E-state index is 6.19. The van der Waals surface area contributed by atoms with Crippen molar-refractivity contribution in [3.8, 4) is 0 Å². The van der Waals surface area contributed by atoms with Crippen LogP contribution in [0.5, 0.6) is 0 Å². The van der Waals surface area contributed by atoms with Gasteiger partial charge in [0.05, 0.1) is 23.8 Å². The van der Waals surface area contributed by atoms with Crippen molar-refractivity contribution in [2.45, 2.75) is 18.6 Å². The Morgan fingerprint density at radius 2 is 2.05 bits per heavy atom. The Labute approximate surface area is 128 Å². The average Bonchev–Trinajstić information content (AvgIpc) is 2.94. The minimum absolute atomic E-state index is 0.268. The molecule has 0 unspecified atom stereocenters. The maximum atomic E-state index is 6.19. The number of ether oxygens (including phenoxy) is 2. The van der Waals surface area contributed by atoms with Crippen molar-refractivity contribution >= 4 is 28.2 Å². The van der Waals surface area contributed by atoms with Crippen LogP contribution in [0, 0.1) is 5.92 Å². The van der Waals surface area contributed by atoms with Gasteiger partial charge in [-0.1, -0.05) is 23.7 Å². The minimum Gasteiger partial charge on any atom is -0.384 e. The molecule has 0 atom stereocenters. The number of benzene rings is 1. The van der Waals surface area contributed by atoms with Gasteiger partial charge in [0.25, 0.3) is 0 Å². The van der Waals surface area contributed by atoms with Gasteiger partial charge < -0.3 is 14.8 Å². The molecule has 1 aliphatic carbocycles. The molecule has 2 heterocycles. The van der Waals surface area contributed by atoms with E-state index >= 15 is 0 Å². The first-order chi connectivity index (χ1) is 10.3. The molecule has 2 aromatic rings.